The largest absolute Gasteiger partial charge is 0.329 e. The fourth-order valence-corrected chi connectivity index (χ4v) is 3.23. The highest BCUT2D eigenvalue weighted by Gasteiger charge is 2.26. The quantitative estimate of drug-likeness (QED) is 0.902. The van der Waals surface area contributed by atoms with Gasteiger partial charge in [0.05, 0.1) is 0 Å². The Labute approximate surface area is 115 Å². The van der Waals surface area contributed by atoms with Crippen LogP contribution in [0.15, 0.2) is 24.3 Å². The van der Waals surface area contributed by atoms with Crippen LogP contribution in [0.1, 0.15) is 50.6 Å². The third-order valence-electron chi connectivity index (χ3n) is 4.25. The molecule has 2 atom stereocenters. The van der Waals surface area contributed by atoms with Crippen LogP contribution in [0.2, 0.25) is 0 Å². The van der Waals surface area contributed by atoms with Gasteiger partial charge in [0.2, 0.25) is 0 Å². The molecule has 2 N–H and O–H groups in total. The Morgan fingerprint density at radius 2 is 2.21 bits per heavy atom. The van der Waals surface area contributed by atoms with Crippen LogP contribution in [0.4, 0.5) is 4.39 Å². The van der Waals surface area contributed by atoms with Gasteiger partial charge < -0.3 is 5.73 Å². The molecule has 2 nitrogen and oxygen atoms in total. The molecule has 0 aromatic heterocycles. The number of rotatable bonds is 4. The van der Waals surface area contributed by atoms with E-state index in [9.17, 15) is 4.39 Å². The molecule has 0 bridgehead atoms. The smallest absolute Gasteiger partial charge is 0.123 e. The Morgan fingerprint density at radius 3 is 2.89 bits per heavy atom. The van der Waals surface area contributed by atoms with Gasteiger partial charge in [-0.2, -0.15) is 0 Å². The third-order valence-corrected chi connectivity index (χ3v) is 4.25. The SMILES string of the molecule is CCC1CCCCCN1C(CN)c1cccc(F)c1. The lowest BCUT2D eigenvalue weighted by Crippen LogP contribution is -2.41. The van der Waals surface area contributed by atoms with Crippen molar-refractivity contribution in [3.05, 3.63) is 35.6 Å². The Morgan fingerprint density at radius 1 is 1.37 bits per heavy atom. The minimum Gasteiger partial charge on any atom is -0.329 e. The van der Waals surface area contributed by atoms with Crippen molar-refractivity contribution in [1.29, 1.82) is 0 Å². The Hall–Kier alpha value is -0.930. The molecule has 1 saturated heterocycles. The van der Waals surface area contributed by atoms with Crippen molar-refractivity contribution >= 4 is 0 Å². The highest BCUT2D eigenvalue weighted by Crippen LogP contribution is 2.29. The molecule has 0 aliphatic carbocycles. The zero-order valence-corrected chi connectivity index (χ0v) is 11.8. The molecule has 0 amide bonds. The third kappa shape index (κ3) is 3.54. The Balaban J connectivity index is 2.23. The van der Waals surface area contributed by atoms with Gasteiger partial charge in [-0.15, -0.1) is 0 Å². The summed E-state index contributed by atoms with van der Waals surface area (Å²) in [5.41, 5.74) is 7.01. The number of likely N-dealkylation sites (tertiary alicyclic amines) is 1. The summed E-state index contributed by atoms with van der Waals surface area (Å²) >= 11 is 0. The number of halogens is 1. The van der Waals surface area contributed by atoms with E-state index < -0.39 is 0 Å². The molecule has 1 aromatic carbocycles. The van der Waals surface area contributed by atoms with E-state index in [1.807, 2.05) is 6.07 Å². The number of hydrogen-bond acceptors (Lipinski definition) is 2. The fourth-order valence-electron chi connectivity index (χ4n) is 3.23. The summed E-state index contributed by atoms with van der Waals surface area (Å²) in [4.78, 5) is 2.50. The molecule has 2 unspecified atom stereocenters. The summed E-state index contributed by atoms with van der Waals surface area (Å²) in [5, 5.41) is 0. The molecule has 1 aromatic rings. The van der Waals surface area contributed by atoms with E-state index >= 15 is 0 Å². The summed E-state index contributed by atoms with van der Waals surface area (Å²) in [5.74, 6) is -0.168. The summed E-state index contributed by atoms with van der Waals surface area (Å²) < 4.78 is 13.4. The molecule has 2 rings (SSSR count). The van der Waals surface area contributed by atoms with Crippen LogP contribution in [0, 0.1) is 5.82 Å². The van der Waals surface area contributed by atoms with Crippen molar-refractivity contribution in [1.82, 2.24) is 4.90 Å². The molecule has 3 heteroatoms. The molecule has 1 heterocycles. The maximum Gasteiger partial charge on any atom is 0.123 e. The Kier molecular flexibility index (Phi) is 5.34. The minimum atomic E-state index is -0.168. The predicted octanol–water partition coefficient (Wildman–Crippen LogP) is 3.48. The Bertz CT molecular complexity index is 394. The second-order valence-electron chi connectivity index (χ2n) is 5.46. The molecule has 1 aliphatic heterocycles. The van der Waals surface area contributed by atoms with Gasteiger partial charge in [-0.3, -0.25) is 4.90 Å². The molecular weight excluding hydrogens is 239 g/mol. The first-order chi connectivity index (χ1) is 9.26. The van der Waals surface area contributed by atoms with E-state index in [0.29, 0.717) is 12.6 Å². The van der Waals surface area contributed by atoms with Crippen LogP contribution in [0.25, 0.3) is 0 Å². The van der Waals surface area contributed by atoms with E-state index in [1.54, 1.807) is 12.1 Å². The summed E-state index contributed by atoms with van der Waals surface area (Å²) in [6.45, 7) is 3.87. The molecule has 0 radical (unpaired) electrons. The molecule has 1 aliphatic rings. The lowest BCUT2D eigenvalue weighted by Gasteiger charge is -2.36. The first kappa shape index (κ1) is 14.5. The first-order valence-corrected chi connectivity index (χ1v) is 7.47. The van der Waals surface area contributed by atoms with E-state index in [4.69, 9.17) is 5.73 Å². The van der Waals surface area contributed by atoms with Crippen molar-refractivity contribution in [3.63, 3.8) is 0 Å². The molecule has 0 spiro atoms. The number of benzene rings is 1. The van der Waals surface area contributed by atoms with Gasteiger partial charge in [-0.1, -0.05) is 31.9 Å². The topological polar surface area (TPSA) is 29.3 Å². The normalized spacial score (nSPS) is 23.0. The number of nitrogens with two attached hydrogens (primary N) is 1. The van der Waals surface area contributed by atoms with Crippen LogP contribution in [0.5, 0.6) is 0 Å². The second-order valence-corrected chi connectivity index (χ2v) is 5.46. The monoisotopic (exact) mass is 264 g/mol. The molecule has 1 fully saturated rings. The second kappa shape index (κ2) is 7.01. The molecular formula is C16H25FN2. The zero-order valence-electron chi connectivity index (χ0n) is 11.8. The van der Waals surface area contributed by atoms with Crippen molar-refractivity contribution in [3.8, 4) is 0 Å². The summed E-state index contributed by atoms with van der Waals surface area (Å²) in [6.07, 6.45) is 6.21. The van der Waals surface area contributed by atoms with Gasteiger partial charge in [0.25, 0.3) is 0 Å². The van der Waals surface area contributed by atoms with E-state index in [2.05, 4.69) is 11.8 Å². The van der Waals surface area contributed by atoms with Crippen molar-refractivity contribution in [2.75, 3.05) is 13.1 Å². The highest BCUT2D eigenvalue weighted by atomic mass is 19.1. The lowest BCUT2D eigenvalue weighted by molar-refractivity contribution is 0.135. The molecule has 19 heavy (non-hydrogen) atoms. The molecule has 106 valence electrons. The maximum atomic E-state index is 13.4. The van der Waals surface area contributed by atoms with Crippen LogP contribution in [-0.2, 0) is 0 Å². The number of hydrogen-bond donors (Lipinski definition) is 1. The van der Waals surface area contributed by atoms with E-state index in [0.717, 1.165) is 18.5 Å². The maximum absolute atomic E-state index is 13.4. The average Bonchev–Trinajstić information content (AvgIpc) is 2.65. The summed E-state index contributed by atoms with van der Waals surface area (Å²) in [7, 11) is 0. The van der Waals surface area contributed by atoms with Crippen molar-refractivity contribution in [2.45, 2.75) is 51.1 Å². The highest BCUT2D eigenvalue weighted by molar-refractivity contribution is 5.21. The lowest BCUT2D eigenvalue weighted by atomic mass is 10.0. The van der Waals surface area contributed by atoms with Crippen LogP contribution < -0.4 is 5.73 Å². The molecule has 0 saturated carbocycles. The van der Waals surface area contributed by atoms with Gasteiger partial charge in [0.1, 0.15) is 5.82 Å². The predicted molar refractivity (Wildman–Crippen MR) is 77.4 cm³/mol. The minimum absolute atomic E-state index is 0.152. The van der Waals surface area contributed by atoms with Gasteiger partial charge in [-0.05, 0) is 43.5 Å². The van der Waals surface area contributed by atoms with Gasteiger partial charge in [-0.25, -0.2) is 4.39 Å². The van der Waals surface area contributed by atoms with Crippen LogP contribution in [-0.4, -0.2) is 24.0 Å². The zero-order chi connectivity index (χ0) is 13.7. The summed E-state index contributed by atoms with van der Waals surface area (Å²) in [6, 6.07) is 7.65. The van der Waals surface area contributed by atoms with Gasteiger partial charge in [0, 0.05) is 18.6 Å². The van der Waals surface area contributed by atoms with Crippen molar-refractivity contribution in [2.24, 2.45) is 5.73 Å². The van der Waals surface area contributed by atoms with Gasteiger partial charge >= 0.3 is 0 Å². The standard InChI is InChI=1S/C16H25FN2/c1-2-15-9-4-3-5-10-19(15)16(12-18)13-7-6-8-14(17)11-13/h6-8,11,15-16H,2-5,9-10,12,18H2,1H3. The van der Waals surface area contributed by atoms with Gasteiger partial charge in [0.15, 0.2) is 0 Å². The van der Waals surface area contributed by atoms with E-state index in [1.165, 1.54) is 31.7 Å². The average molecular weight is 264 g/mol. The van der Waals surface area contributed by atoms with Crippen molar-refractivity contribution < 1.29 is 4.39 Å². The van der Waals surface area contributed by atoms with E-state index in [-0.39, 0.29) is 11.9 Å². The first-order valence-electron chi connectivity index (χ1n) is 7.47. The number of nitrogens with zero attached hydrogens (tertiary/aromatic N) is 1. The van der Waals surface area contributed by atoms with Crippen LogP contribution in [0.3, 0.4) is 0 Å². The van der Waals surface area contributed by atoms with Crippen LogP contribution >= 0.6 is 0 Å². The fraction of sp³-hybridized carbons (Fsp3) is 0.625.